The summed E-state index contributed by atoms with van der Waals surface area (Å²) in [6.45, 7) is 3.16. The highest BCUT2D eigenvalue weighted by molar-refractivity contribution is 6.05. The summed E-state index contributed by atoms with van der Waals surface area (Å²) in [6, 6.07) is 5.54. The number of hydrogen-bond donors (Lipinski definition) is 2. The Morgan fingerprint density at radius 3 is 2.84 bits per heavy atom. The molecule has 2 fully saturated rings. The van der Waals surface area contributed by atoms with Crippen LogP contribution in [0.3, 0.4) is 0 Å². The molecule has 31 heavy (non-hydrogen) atoms. The second kappa shape index (κ2) is 7.86. The molecule has 2 atom stereocenters. The van der Waals surface area contributed by atoms with Crippen molar-refractivity contribution in [1.82, 2.24) is 30.1 Å². The van der Waals surface area contributed by atoms with Gasteiger partial charge in [0.15, 0.2) is 0 Å². The predicted molar refractivity (Wildman–Crippen MR) is 109 cm³/mol. The largest absolute Gasteiger partial charge is 0.325 e. The molecule has 3 N–H and O–H groups in total. The van der Waals surface area contributed by atoms with Crippen LogP contribution in [-0.2, 0) is 29.2 Å². The van der Waals surface area contributed by atoms with E-state index in [4.69, 9.17) is 5.73 Å². The first kappa shape index (κ1) is 19.8. The van der Waals surface area contributed by atoms with E-state index in [9.17, 15) is 14.4 Å². The Kier molecular flexibility index (Phi) is 5.03. The molecule has 10 nitrogen and oxygen atoms in total. The molecule has 3 aliphatic rings. The third kappa shape index (κ3) is 3.61. The molecule has 2 aromatic rings. The van der Waals surface area contributed by atoms with Gasteiger partial charge < -0.3 is 10.6 Å². The van der Waals surface area contributed by atoms with Gasteiger partial charge in [-0.05, 0) is 24.0 Å². The topological polar surface area (TPSA) is 126 Å². The van der Waals surface area contributed by atoms with Gasteiger partial charge in [0, 0.05) is 44.7 Å². The molecule has 10 heteroatoms. The van der Waals surface area contributed by atoms with Gasteiger partial charge in [0.2, 0.25) is 11.8 Å². The lowest BCUT2D eigenvalue weighted by Gasteiger charge is -2.29. The lowest BCUT2D eigenvalue weighted by molar-refractivity contribution is -0.136. The van der Waals surface area contributed by atoms with Gasteiger partial charge in [-0.15, -0.1) is 5.10 Å². The van der Waals surface area contributed by atoms with E-state index in [1.165, 1.54) is 0 Å². The van der Waals surface area contributed by atoms with E-state index >= 15 is 0 Å². The maximum atomic E-state index is 13.2. The lowest BCUT2D eigenvalue weighted by Crippen LogP contribution is -2.52. The van der Waals surface area contributed by atoms with Gasteiger partial charge in [0.25, 0.3) is 5.91 Å². The molecule has 0 aliphatic carbocycles. The van der Waals surface area contributed by atoms with Gasteiger partial charge in [-0.2, -0.15) is 0 Å². The van der Waals surface area contributed by atoms with Gasteiger partial charge in [0.1, 0.15) is 6.04 Å². The summed E-state index contributed by atoms with van der Waals surface area (Å²) in [5.74, 6) is -0.786. The number of likely N-dealkylation sites (tertiary alicyclic amines) is 1. The number of rotatable bonds is 5. The fourth-order valence-electron chi connectivity index (χ4n) is 4.82. The van der Waals surface area contributed by atoms with Crippen molar-refractivity contribution in [1.29, 1.82) is 0 Å². The molecule has 162 valence electrons. The zero-order valence-electron chi connectivity index (χ0n) is 17.2. The smallest absolute Gasteiger partial charge is 0.255 e. The molecule has 2 saturated heterocycles. The standard InChI is InChI=1S/C21H25N7O3/c22-8-15-11-28(25-24-15)16-6-7-26(12-16)9-13-2-1-3-14-10-27(21(31)19(13)14)17-4-5-18(29)23-20(17)30/h1-3,11,16-17H,4-10,12,22H2,(H,23,29,30). The number of nitrogens with one attached hydrogen (secondary N) is 1. The van der Waals surface area contributed by atoms with Gasteiger partial charge in [-0.25, -0.2) is 4.68 Å². The lowest BCUT2D eigenvalue weighted by atomic mass is 10.0. The minimum Gasteiger partial charge on any atom is -0.325 e. The number of imide groups is 1. The van der Waals surface area contributed by atoms with Crippen molar-refractivity contribution >= 4 is 17.7 Å². The molecule has 0 spiro atoms. The van der Waals surface area contributed by atoms with Crippen LogP contribution < -0.4 is 11.1 Å². The van der Waals surface area contributed by atoms with Crippen molar-refractivity contribution < 1.29 is 14.4 Å². The minimum atomic E-state index is -0.592. The number of aromatic nitrogens is 3. The molecule has 1 aromatic heterocycles. The van der Waals surface area contributed by atoms with Crippen LogP contribution in [-0.4, -0.2) is 61.6 Å². The molecule has 5 rings (SSSR count). The van der Waals surface area contributed by atoms with E-state index in [1.54, 1.807) is 4.90 Å². The summed E-state index contributed by atoms with van der Waals surface area (Å²) in [5.41, 5.74) is 9.01. The Morgan fingerprint density at radius 1 is 1.19 bits per heavy atom. The van der Waals surface area contributed by atoms with Gasteiger partial charge in [-0.1, -0.05) is 23.4 Å². The quantitative estimate of drug-likeness (QED) is 0.646. The van der Waals surface area contributed by atoms with Crippen molar-refractivity contribution in [3.63, 3.8) is 0 Å². The highest BCUT2D eigenvalue weighted by Gasteiger charge is 2.40. The number of carbonyl (C=O) groups is 3. The summed E-state index contributed by atoms with van der Waals surface area (Å²) >= 11 is 0. The van der Waals surface area contributed by atoms with E-state index in [2.05, 4.69) is 20.5 Å². The Bertz CT molecular complexity index is 1050. The number of piperidine rings is 1. The van der Waals surface area contributed by atoms with Crippen LogP contribution in [0.5, 0.6) is 0 Å². The first-order chi connectivity index (χ1) is 15.0. The molecule has 0 radical (unpaired) electrons. The summed E-state index contributed by atoms with van der Waals surface area (Å²) in [5, 5.41) is 10.6. The van der Waals surface area contributed by atoms with Crippen molar-refractivity contribution in [3.8, 4) is 0 Å². The zero-order chi connectivity index (χ0) is 21.5. The summed E-state index contributed by atoms with van der Waals surface area (Å²) < 4.78 is 1.88. The maximum absolute atomic E-state index is 13.2. The Morgan fingerprint density at radius 2 is 2.06 bits per heavy atom. The summed E-state index contributed by atoms with van der Waals surface area (Å²) in [6.07, 6.45) is 3.48. The number of benzene rings is 1. The van der Waals surface area contributed by atoms with Gasteiger partial charge in [-0.3, -0.25) is 24.6 Å². The number of amides is 3. The maximum Gasteiger partial charge on any atom is 0.255 e. The molecular formula is C21H25N7O3. The first-order valence-electron chi connectivity index (χ1n) is 10.6. The van der Waals surface area contributed by atoms with Crippen molar-refractivity contribution in [2.75, 3.05) is 13.1 Å². The average molecular weight is 423 g/mol. The molecule has 0 saturated carbocycles. The Balaban J connectivity index is 1.30. The number of carbonyl (C=O) groups excluding carboxylic acids is 3. The van der Waals surface area contributed by atoms with Crippen LogP contribution >= 0.6 is 0 Å². The molecule has 2 unspecified atom stereocenters. The van der Waals surface area contributed by atoms with Crippen LogP contribution in [0.15, 0.2) is 24.4 Å². The predicted octanol–water partition coefficient (Wildman–Crippen LogP) is -0.0552. The number of nitrogens with two attached hydrogens (primary N) is 1. The molecule has 3 aliphatic heterocycles. The fourth-order valence-corrected chi connectivity index (χ4v) is 4.82. The minimum absolute atomic E-state index is 0.125. The third-order valence-electron chi connectivity index (χ3n) is 6.42. The van der Waals surface area contributed by atoms with Crippen LogP contribution in [0.1, 0.15) is 52.5 Å². The van der Waals surface area contributed by atoms with Crippen LogP contribution in [0.25, 0.3) is 0 Å². The second-order valence-corrected chi connectivity index (χ2v) is 8.42. The molecule has 0 bridgehead atoms. The van der Waals surface area contributed by atoms with Gasteiger partial charge >= 0.3 is 0 Å². The van der Waals surface area contributed by atoms with E-state index in [0.717, 1.165) is 36.3 Å². The molecule has 3 amide bonds. The fraction of sp³-hybridized carbons (Fsp3) is 0.476. The van der Waals surface area contributed by atoms with E-state index < -0.39 is 6.04 Å². The second-order valence-electron chi connectivity index (χ2n) is 8.42. The Hall–Kier alpha value is -3.11. The van der Waals surface area contributed by atoms with Crippen LogP contribution in [0, 0.1) is 0 Å². The highest BCUT2D eigenvalue weighted by Crippen LogP contribution is 2.31. The van der Waals surface area contributed by atoms with Crippen molar-refractivity contribution in [2.45, 2.75) is 51.0 Å². The van der Waals surface area contributed by atoms with Crippen LogP contribution in [0.4, 0.5) is 0 Å². The summed E-state index contributed by atoms with van der Waals surface area (Å²) in [7, 11) is 0. The third-order valence-corrected chi connectivity index (χ3v) is 6.42. The monoisotopic (exact) mass is 423 g/mol. The highest BCUT2D eigenvalue weighted by atomic mass is 16.2. The number of hydrogen-bond acceptors (Lipinski definition) is 7. The zero-order valence-corrected chi connectivity index (χ0v) is 17.2. The number of nitrogens with zero attached hydrogens (tertiary/aromatic N) is 5. The SMILES string of the molecule is NCc1cn(C2CCN(Cc3cccc4c3C(=O)N(C3CCC(=O)NC3=O)C4)C2)nn1. The van der Waals surface area contributed by atoms with E-state index in [0.29, 0.717) is 31.6 Å². The first-order valence-corrected chi connectivity index (χ1v) is 10.6. The molecular weight excluding hydrogens is 398 g/mol. The molecule has 1 aromatic carbocycles. The van der Waals surface area contributed by atoms with E-state index in [1.807, 2.05) is 29.1 Å². The number of fused-ring (bicyclic) bond motifs is 1. The normalized spacial score (nSPS) is 24.0. The van der Waals surface area contributed by atoms with Gasteiger partial charge in [0.05, 0.1) is 17.9 Å². The average Bonchev–Trinajstić information content (AvgIpc) is 3.47. The Labute approximate surface area is 179 Å². The van der Waals surface area contributed by atoms with Crippen LogP contribution in [0.2, 0.25) is 0 Å². The summed E-state index contributed by atoms with van der Waals surface area (Å²) in [4.78, 5) is 40.9. The van der Waals surface area contributed by atoms with Crippen molar-refractivity contribution in [2.24, 2.45) is 5.73 Å². The molecule has 4 heterocycles. The van der Waals surface area contributed by atoms with Crippen molar-refractivity contribution in [3.05, 3.63) is 46.8 Å². The van der Waals surface area contributed by atoms with E-state index in [-0.39, 0.29) is 30.2 Å².